The van der Waals surface area contributed by atoms with E-state index < -0.39 is 0 Å². The maximum absolute atomic E-state index is 12.7. The van der Waals surface area contributed by atoms with Gasteiger partial charge in [0.15, 0.2) is 0 Å². The predicted molar refractivity (Wildman–Crippen MR) is 95.2 cm³/mol. The van der Waals surface area contributed by atoms with E-state index in [9.17, 15) is 14.4 Å². The molecule has 25 heavy (non-hydrogen) atoms. The molecule has 0 unspecified atom stereocenters. The van der Waals surface area contributed by atoms with E-state index in [0.29, 0.717) is 30.5 Å². The van der Waals surface area contributed by atoms with E-state index in [0.717, 1.165) is 18.8 Å². The van der Waals surface area contributed by atoms with Crippen LogP contribution in [0.4, 0.5) is 5.69 Å². The van der Waals surface area contributed by atoms with Crippen LogP contribution in [0.3, 0.4) is 0 Å². The van der Waals surface area contributed by atoms with E-state index >= 15 is 0 Å². The monoisotopic (exact) mass is 341 g/mol. The first-order chi connectivity index (χ1) is 11.9. The van der Waals surface area contributed by atoms with Crippen molar-refractivity contribution in [3.05, 3.63) is 42.5 Å². The molecule has 2 atom stereocenters. The second kappa shape index (κ2) is 6.70. The maximum atomic E-state index is 12.7. The molecule has 0 spiro atoms. The first-order valence-electron chi connectivity index (χ1n) is 8.45. The van der Waals surface area contributed by atoms with Gasteiger partial charge in [0.25, 0.3) is 5.91 Å². The Hall–Kier alpha value is -2.63. The minimum Gasteiger partial charge on any atom is -0.342 e. The van der Waals surface area contributed by atoms with Gasteiger partial charge in [0, 0.05) is 63.2 Å². The quantitative estimate of drug-likeness (QED) is 0.781. The fourth-order valence-corrected chi connectivity index (χ4v) is 3.69. The molecule has 0 aliphatic carbocycles. The second-order valence-corrected chi connectivity index (χ2v) is 6.80. The van der Waals surface area contributed by atoms with Crippen molar-refractivity contribution in [1.29, 1.82) is 0 Å². The summed E-state index contributed by atoms with van der Waals surface area (Å²) in [6, 6.07) is 7.03. The SMILES string of the molecule is C=CC(=O)N(C)c1ccc(C(=O)N2C[C@H]3CN(C(C)=O)C[C@H]3C2)cc1. The number of likely N-dealkylation sites (tertiary alicyclic amines) is 2. The standard InChI is InChI=1S/C19H23N3O3/c1-4-18(24)20(3)17-7-5-14(6-8-17)19(25)22-11-15-9-21(13(2)23)10-16(15)12-22/h4-8,15-16H,1,9-12H2,2-3H3/t15-,16+. The van der Waals surface area contributed by atoms with Crippen molar-refractivity contribution in [2.24, 2.45) is 11.8 Å². The van der Waals surface area contributed by atoms with Gasteiger partial charge in [-0.2, -0.15) is 0 Å². The highest BCUT2D eigenvalue weighted by Crippen LogP contribution is 2.32. The highest BCUT2D eigenvalue weighted by Gasteiger charge is 2.42. The Morgan fingerprint density at radius 3 is 2.04 bits per heavy atom. The van der Waals surface area contributed by atoms with Crippen LogP contribution in [0.2, 0.25) is 0 Å². The van der Waals surface area contributed by atoms with Crippen LogP contribution in [0, 0.1) is 11.8 Å². The van der Waals surface area contributed by atoms with Crippen molar-refractivity contribution >= 4 is 23.4 Å². The van der Waals surface area contributed by atoms with Gasteiger partial charge >= 0.3 is 0 Å². The Morgan fingerprint density at radius 2 is 1.56 bits per heavy atom. The molecule has 0 saturated carbocycles. The van der Waals surface area contributed by atoms with E-state index in [1.807, 2.05) is 9.80 Å². The molecule has 0 aromatic heterocycles. The van der Waals surface area contributed by atoms with Crippen LogP contribution in [-0.2, 0) is 9.59 Å². The zero-order valence-electron chi connectivity index (χ0n) is 14.6. The number of likely N-dealkylation sites (N-methyl/N-ethyl adjacent to an activating group) is 1. The molecule has 3 rings (SSSR count). The number of carbonyl (C=O) groups excluding carboxylic acids is 3. The lowest BCUT2D eigenvalue weighted by Crippen LogP contribution is -2.34. The molecule has 1 aromatic rings. The summed E-state index contributed by atoms with van der Waals surface area (Å²) in [5.74, 6) is 0.683. The fraction of sp³-hybridized carbons (Fsp3) is 0.421. The molecule has 2 saturated heterocycles. The number of hydrogen-bond acceptors (Lipinski definition) is 3. The van der Waals surface area contributed by atoms with Gasteiger partial charge in [0.05, 0.1) is 0 Å². The second-order valence-electron chi connectivity index (χ2n) is 6.80. The molecule has 0 N–H and O–H groups in total. The Kier molecular flexibility index (Phi) is 4.61. The summed E-state index contributed by atoms with van der Waals surface area (Å²) in [4.78, 5) is 41.1. The van der Waals surface area contributed by atoms with Gasteiger partial charge in [0.1, 0.15) is 0 Å². The minimum absolute atomic E-state index is 0.00743. The van der Waals surface area contributed by atoms with Gasteiger partial charge in [-0.1, -0.05) is 6.58 Å². The first-order valence-corrected chi connectivity index (χ1v) is 8.45. The normalized spacial score (nSPS) is 21.8. The van der Waals surface area contributed by atoms with Crippen molar-refractivity contribution in [3.8, 4) is 0 Å². The Labute approximate surface area is 147 Å². The van der Waals surface area contributed by atoms with Crippen LogP contribution in [0.15, 0.2) is 36.9 Å². The van der Waals surface area contributed by atoms with E-state index in [2.05, 4.69) is 6.58 Å². The predicted octanol–water partition coefficient (Wildman–Crippen LogP) is 1.39. The van der Waals surface area contributed by atoms with Gasteiger partial charge in [-0.3, -0.25) is 14.4 Å². The summed E-state index contributed by atoms with van der Waals surface area (Å²) in [5, 5.41) is 0. The molecule has 0 bridgehead atoms. The topological polar surface area (TPSA) is 60.9 Å². The summed E-state index contributed by atoms with van der Waals surface area (Å²) in [6.07, 6.45) is 1.26. The van der Waals surface area contributed by atoms with E-state index in [1.165, 1.54) is 11.0 Å². The minimum atomic E-state index is -0.193. The van der Waals surface area contributed by atoms with Gasteiger partial charge in [0.2, 0.25) is 11.8 Å². The van der Waals surface area contributed by atoms with Crippen LogP contribution >= 0.6 is 0 Å². The highest BCUT2D eigenvalue weighted by molar-refractivity contribution is 6.01. The summed E-state index contributed by atoms with van der Waals surface area (Å²) < 4.78 is 0. The third kappa shape index (κ3) is 3.29. The Morgan fingerprint density at radius 1 is 1.04 bits per heavy atom. The molecule has 2 aliphatic heterocycles. The molecule has 2 fully saturated rings. The van der Waals surface area contributed by atoms with Crippen LogP contribution in [0.1, 0.15) is 17.3 Å². The highest BCUT2D eigenvalue weighted by atomic mass is 16.2. The third-order valence-electron chi connectivity index (χ3n) is 5.23. The molecule has 2 heterocycles. The average molecular weight is 341 g/mol. The molecular formula is C19H23N3O3. The van der Waals surface area contributed by atoms with Crippen molar-refractivity contribution in [1.82, 2.24) is 9.80 Å². The molecule has 132 valence electrons. The molecule has 6 nitrogen and oxygen atoms in total. The number of anilines is 1. The summed E-state index contributed by atoms with van der Waals surface area (Å²) in [6.45, 7) is 7.96. The lowest BCUT2D eigenvalue weighted by Gasteiger charge is -2.21. The number of hydrogen-bond donors (Lipinski definition) is 0. The average Bonchev–Trinajstić information content (AvgIpc) is 3.19. The Balaban J connectivity index is 1.64. The zero-order valence-corrected chi connectivity index (χ0v) is 14.6. The molecule has 0 radical (unpaired) electrons. The van der Waals surface area contributed by atoms with E-state index in [1.54, 1.807) is 38.2 Å². The number of fused-ring (bicyclic) bond motifs is 1. The lowest BCUT2D eigenvalue weighted by atomic mass is 10.0. The van der Waals surface area contributed by atoms with E-state index in [4.69, 9.17) is 0 Å². The van der Waals surface area contributed by atoms with Crippen molar-refractivity contribution in [2.45, 2.75) is 6.92 Å². The number of amides is 3. The van der Waals surface area contributed by atoms with Gasteiger partial charge in [-0.15, -0.1) is 0 Å². The Bertz CT molecular complexity index is 699. The molecule has 2 aliphatic rings. The smallest absolute Gasteiger partial charge is 0.253 e. The number of benzene rings is 1. The van der Waals surface area contributed by atoms with E-state index in [-0.39, 0.29) is 17.7 Å². The number of carbonyl (C=O) groups is 3. The summed E-state index contributed by atoms with van der Waals surface area (Å²) >= 11 is 0. The van der Waals surface area contributed by atoms with Crippen molar-refractivity contribution < 1.29 is 14.4 Å². The molecule has 3 amide bonds. The lowest BCUT2D eigenvalue weighted by molar-refractivity contribution is -0.128. The largest absolute Gasteiger partial charge is 0.342 e. The first kappa shape index (κ1) is 17.2. The van der Waals surface area contributed by atoms with Crippen molar-refractivity contribution in [2.75, 3.05) is 38.1 Å². The molecule has 1 aromatic carbocycles. The third-order valence-corrected chi connectivity index (χ3v) is 5.23. The maximum Gasteiger partial charge on any atom is 0.253 e. The van der Waals surface area contributed by atoms with Crippen LogP contribution in [0.25, 0.3) is 0 Å². The van der Waals surface area contributed by atoms with Gasteiger partial charge in [-0.05, 0) is 30.3 Å². The number of nitrogens with zero attached hydrogens (tertiary/aromatic N) is 3. The number of rotatable bonds is 3. The zero-order chi connectivity index (χ0) is 18.1. The molecule has 6 heteroatoms. The van der Waals surface area contributed by atoms with Gasteiger partial charge < -0.3 is 14.7 Å². The summed E-state index contributed by atoms with van der Waals surface area (Å²) in [5.41, 5.74) is 1.34. The van der Waals surface area contributed by atoms with Crippen LogP contribution in [-0.4, -0.2) is 60.7 Å². The van der Waals surface area contributed by atoms with Crippen LogP contribution < -0.4 is 4.90 Å². The fourth-order valence-electron chi connectivity index (χ4n) is 3.69. The van der Waals surface area contributed by atoms with Gasteiger partial charge in [-0.25, -0.2) is 0 Å². The van der Waals surface area contributed by atoms with Crippen LogP contribution in [0.5, 0.6) is 0 Å². The summed E-state index contributed by atoms with van der Waals surface area (Å²) in [7, 11) is 1.67. The van der Waals surface area contributed by atoms with Crippen molar-refractivity contribution in [3.63, 3.8) is 0 Å². The molecular weight excluding hydrogens is 318 g/mol.